The minimum atomic E-state index is -3.53. The Morgan fingerprint density at radius 2 is 2.00 bits per heavy atom. The Hall–Kier alpha value is -2.11. The number of amides is 1. The maximum atomic E-state index is 12.1. The van der Waals surface area contributed by atoms with E-state index in [2.05, 4.69) is 5.32 Å². The van der Waals surface area contributed by atoms with Crippen LogP contribution in [0.15, 0.2) is 23.1 Å². The number of nitriles is 1. The van der Waals surface area contributed by atoms with E-state index < -0.39 is 33.9 Å². The van der Waals surface area contributed by atoms with Crippen molar-refractivity contribution in [3.8, 4) is 6.07 Å². The number of ether oxygens (including phenoxy) is 1. The van der Waals surface area contributed by atoms with Gasteiger partial charge in [0, 0.05) is 6.26 Å². The fourth-order valence-corrected chi connectivity index (χ4v) is 2.57. The van der Waals surface area contributed by atoms with Gasteiger partial charge in [0.15, 0.2) is 16.4 Å². The Labute approximate surface area is 151 Å². The van der Waals surface area contributed by atoms with Gasteiger partial charge in [0.2, 0.25) is 0 Å². The van der Waals surface area contributed by atoms with Gasteiger partial charge in [-0.05, 0) is 31.0 Å². The first-order valence-corrected chi connectivity index (χ1v) is 9.56. The van der Waals surface area contributed by atoms with Crippen molar-refractivity contribution in [1.82, 2.24) is 5.32 Å². The van der Waals surface area contributed by atoms with E-state index in [1.54, 1.807) is 20.8 Å². The van der Waals surface area contributed by atoms with Crippen LogP contribution in [-0.4, -0.2) is 38.7 Å². The molecule has 1 rings (SSSR count). The maximum absolute atomic E-state index is 12.1. The van der Waals surface area contributed by atoms with Crippen LogP contribution in [0, 0.1) is 17.2 Å². The molecule has 0 aliphatic heterocycles. The molecule has 0 spiro atoms. The summed E-state index contributed by atoms with van der Waals surface area (Å²) in [6, 6.07) is 5.62. The van der Waals surface area contributed by atoms with Crippen LogP contribution >= 0.6 is 11.6 Å². The van der Waals surface area contributed by atoms with Gasteiger partial charge < -0.3 is 10.1 Å². The van der Waals surface area contributed by atoms with E-state index in [-0.39, 0.29) is 21.4 Å². The van der Waals surface area contributed by atoms with E-state index in [1.165, 1.54) is 12.1 Å². The number of nitrogens with one attached hydrogen (secondary N) is 1. The molecule has 1 N–H and O–H groups in total. The molecule has 136 valence electrons. The van der Waals surface area contributed by atoms with Crippen LogP contribution in [0.5, 0.6) is 0 Å². The average molecular weight is 387 g/mol. The molecule has 1 amide bonds. The topological polar surface area (TPSA) is 113 Å². The third-order valence-corrected chi connectivity index (χ3v) is 5.15. The second kappa shape index (κ2) is 7.85. The molecule has 0 saturated heterocycles. The molecular weight excluding hydrogens is 368 g/mol. The highest BCUT2D eigenvalue weighted by Gasteiger charge is 2.30. The first kappa shape index (κ1) is 20.9. The lowest BCUT2D eigenvalue weighted by Gasteiger charge is -2.27. The molecule has 1 aromatic rings. The number of carbonyl (C=O) groups excluding carboxylic acids is 2. The van der Waals surface area contributed by atoms with E-state index in [0.29, 0.717) is 0 Å². The van der Waals surface area contributed by atoms with E-state index in [0.717, 1.165) is 12.3 Å². The number of nitrogens with zero attached hydrogens (tertiary/aromatic N) is 1. The van der Waals surface area contributed by atoms with Crippen molar-refractivity contribution in [2.24, 2.45) is 5.92 Å². The molecule has 0 radical (unpaired) electrons. The predicted octanol–water partition coefficient (Wildman–Crippen LogP) is 1.95. The van der Waals surface area contributed by atoms with Crippen LogP contribution in [0.1, 0.15) is 31.1 Å². The zero-order chi connectivity index (χ0) is 19.4. The van der Waals surface area contributed by atoms with Crippen molar-refractivity contribution in [1.29, 1.82) is 5.26 Å². The molecule has 0 fully saturated rings. The summed E-state index contributed by atoms with van der Waals surface area (Å²) in [5, 5.41) is 11.7. The summed E-state index contributed by atoms with van der Waals surface area (Å²) in [6.07, 6.45) is 0.993. The van der Waals surface area contributed by atoms with Crippen LogP contribution in [0.4, 0.5) is 0 Å². The molecule has 1 atom stereocenters. The third-order valence-electron chi connectivity index (χ3n) is 3.71. The smallest absolute Gasteiger partial charge is 0.340 e. The van der Waals surface area contributed by atoms with Crippen LogP contribution in [0.2, 0.25) is 5.02 Å². The standard InChI is InChI=1S/C16H19ClN2O5S/c1-10(2)16(3,9-18)19-14(20)8-24-15(21)12-7-11(25(4,22)23)5-6-13(12)17/h5-7,10H,8H2,1-4H3,(H,19,20)/t16-/m1/s1. The first-order valence-electron chi connectivity index (χ1n) is 7.29. The summed E-state index contributed by atoms with van der Waals surface area (Å²) in [6.45, 7) is 4.48. The lowest BCUT2D eigenvalue weighted by Crippen LogP contribution is -2.50. The number of esters is 1. The quantitative estimate of drug-likeness (QED) is 0.747. The molecule has 1 aromatic carbocycles. The maximum Gasteiger partial charge on any atom is 0.340 e. The Kier molecular flexibility index (Phi) is 6.57. The van der Waals surface area contributed by atoms with Gasteiger partial charge in [-0.25, -0.2) is 13.2 Å². The molecule has 0 aromatic heterocycles. The van der Waals surface area contributed by atoms with E-state index in [1.807, 2.05) is 6.07 Å². The molecule has 0 heterocycles. The van der Waals surface area contributed by atoms with Crippen LogP contribution < -0.4 is 5.32 Å². The normalized spacial score (nSPS) is 13.6. The van der Waals surface area contributed by atoms with Crippen molar-refractivity contribution >= 4 is 33.3 Å². The van der Waals surface area contributed by atoms with Gasteiger partial charge in [-0.15, -0.1) is 0 Å². The summed E-state index contributed by atoms with van der Waals surface area (Å²) < 4.78 is 28.0. The second-order valence-electron chi connectivity index (χ2n) is 6.01. The van der Waals surface area contributed by atoms with Gasteiger partial charge in [-0.2, -0.15) is 5.26 Å². The van der Waals surface area contributed by atoms with Gasteiger partial charge in [0.25, 0.3) is 5.91 Å². The van der Waals surface area contributed by atoms with Gasteiger partial charge in [-0.3, -0.25) is 4.79 Å². The lowest BCUT2D eigenvalue weighted by molar-refractivity contribution is -0.125. The van der Waals surface area contributed by atoms with E-state index in [9.17, 15) is 18.0 Å². The molecule has 25 heavy (non-hydrogen) atoms. The molecule has 0 saturated carbocycles. The van der Waals surface area contributed by atoms with Crippen molar-refractivity contribution in [2.45, 2.75) is 31.2 Å². The van der Waals surface area contributed by atoms with E-state index >= 15 is 0 Å². The monoisotopic (exact) mass is 386 g/mol. The highest BCUT2D eigenvalue weighted by molar-refractivity contribution is 7.90. The minimum Gasteiger partial charge on any atom is -0.452 e. The molecular formula is C16H19ClN2O5S. The largest absolute Gasteiger partial charge is 0.452 e. The number of sulfone groups is 1. The lowest BCUT2D eigenvalue weighted by atomic mass is 9.90. The number of benzene rings is 1. The van der Waals surface area contributed by atoms with Crippen LogP contribution in [0.3, 0.4) is 0 Å². The Morgan fingerprint density at radius 3 is 2.48 bits per heavy atom. The predicted molar refractivity (Wildman–Crippen MR) is 91.8 cm³/mol. The third kappa shape index (κ3) is 5.44. The summed E-state index contributed by atoms with van der Waals surface area (Å²) >= 11 is 5.89. The number of rotatable bonds is 6. The SMILES string of the molecule is CC(C)[C@@](C)(C#N)NC(=O)COC(=O)c1cc(S(C)(=O)=O)ccc1Cl. The molecule has 7 nitrogen and oxygen atoms in total. The Balaban J connectivity index is 2.85. The zero-order valence-electron chi connectivity index (χ0n) is 14.3. The molecule has 0 aliphatic carbocycles. The summed E-state index contributed by atoms with van der Waals surface area (Å²) in [4.78, 5) is 23.9. The number of halogens is 1. The summed E-state index contributed by atoms with van der Waals surface area (Å²) in [7, 11) is -3.53. The fraction of sp³-hybridized carbons (Fsp3) is 0.438. The van der Waals surface area contributed by atoms with Gasteiger partial charge in [0.1, 0.15) is 5.54 Å². The number of carbonyl (C=O) groups is 2. The molecule has 9 heteroatoms. The van der Waals surface area contributed by atoms with Crippen molar-refractivity contribution in [2.75, 3.05) is 12.9 Å². The number of hydrogen-bond acceptors (Lipinski definition) is 6. The van der Waals surface area contributed by atoms with Crippen molar-refractivity contribution in [3.63, 3.8) is 0 Å². The fourth-order valence-electron chi connectivity index (χ4n) is 1.73. The van der Waals surface area contributed by atoms with Crippen LogP contribution in [-0.2, 0) is 19.4 Å². The second-order valence-corrected chi connectivity index (χ2v) is 8.43. The Morgan fingerprint density at radius 1 is 1.40 bits per heavy atom. The summed E-state index contributed by atoms with van der Waals surface area (Å²) in [5.74, 6) is -1.74. The Bertz CT molecular complexity index is 829. The van der Waals surface area contributed by atoms with E-state index in [4.69, 9.17) is 21.6 Å². The highest BCUT2D eigenvalue weighted by Crippen LogP contribution is 2.21. The molecule has 0 bridgehead atoms. The summed E-state index contributed by atoms with van der Waals surface area (Å²) in [5.41, 5.74) is -1.26. The average Bonchev–Trinajstić information content (AvgIpc) is 2.51. The number of hydrogen-bond donors (Lipinski definition) is 1. The van der Waals surface area contributed by atoms with Gasteiger partial charge in [-0.1, -0.05) is 25.4 Å². The van der Waals surface area contributed by atoms with Crippen molar-refractivity contribution in [3.05, 3.63) is 28.8 Å². The molecule has 0 unspecified atom stereocenters. The van der Waals surface area contributed by atoms with Crippen LogP contribution in [0.25, 0.3) is 0 Å². The zero-order valence-corrected chi connectivity index (χ0v) is 15.9. The minimum absolute atomic E-state index is 0.00171. The van der Waals surface area contributed by atoms with Gasteiger partial charge in [0.05, 0.1) is 21.6 Å². The van der Waals surface area contributed by atoms with Gasteiger partial charge >= 0.3 is 5.97 Å². The molecule has 0 aliphatic rings. The first-order chi connectivity index (χ1) is 11.4. The highest BCUT2D eigenvalue weighted by atomic mass is 35.5. The van der Waals surface area contributed by atoms with Crippen molar-refractivity contribution < 1.29 is 22.7 Å².